The second-order valence-electron chi connectivity index (χ2n) is 8.28. The number of nitrogens with one attached hydrogen (secondary N) is 1. The average Bonchev–Trinajstić information content (AvgIpc) is 3.14. The molecule has 1 aromatic heterocycles. The van der Waals surface area contributed by atoms with Crippen molar-refractivity contribution in [3.05, 3.63) is 52.0 Å². The lowest BCUT2D eigenvalue weighted by Gasteiger charge is -2.32. The third-order valence-corrected chi connectivity index (χ3v) is 15.0. The molecule has 0 saturated carbocycles. The first kappa shape index (κ1) is 21.7. The van der Waals surface area contributed by atoms with E-state index in [0.29, 0.717) is 11.4 Å². The van der Waals surface area contributed by atoms with Gasteiger partial charge in [-0.05, 0) is 59.1 Å². The molecule has 0 fully saturated rings. The summed E-state index contributed by atoms with van der Waals surface area (Å²) in [6.07, 6.45) is 0.749. The Bertz CT molecular complexity index is 1190. The number of benzene rings is 2. The van der Waals surface area contributed by atoms with Gasteiger partial charge in [-0.25, -0.2) is 8.42 Å². The molecule has 0 spiro atoms. The standard InChI is InChI=1S/C23H29BrN2O2SSi/c1-5-30(6-2,7-3)23-18-14-15-26(20-13-12-19(24)22(25-23)21(18)20)29(27,28)17-10-8-16(4)9-11-17/h8-13,25H,5-7,14-15H2,1-4H3. The number of H-pyrrole nitrogens is 1. The van der Waals surface area contributed by atoms with Crippen LogP contribution in [0.5, 0.6) is 0 Å². The number of aryl methyl sites for hydroxylation is 1. The number of rotatable bonds is 6. The SMILES string of the molecule is CC[Si](CC)(CC)c1[nH]c2c(Br)ccc3c2c1CCN3S(=O)(=O)c1ccc(C)cc1. The lowest BCUT2D eigenvalue weighted by Crippen LogP contribution is -2.49. The van der Waals surface area contributed by atoms with E-state index in [0.717, 1.165) is 33.0 Å². The summed E-state index contributed by atoms with van der Waals surface area (Å²) < 4.78 is 29.6. The summed E-state index contributed by atoms with van der Waals surface area (Å²) in [6, 6.07) is 14.6. The Morgan fingerprint density at radius 1 is 1.03 bits per heavy atom. The fraction of sp³-hybridized carbons (Fsp3) is 0.391. The molecule has 0 aliphatic carbocycles. The number of aromatic amines is 1. The molecule has 1 aliphatic rings. The zero-order valence-corrected chi connectivity index (χ0v) is 21.5. The maximum atomic E-state index is 13.5. The van der Waals surface area contributed by atoms with Gasteiger partial charge >= 0.3 is 0 Å². The van der Waals surface area contributed by atoms with E-state index in [1.165, 1.54) is 29.0 Å². The van der Waals surface area contributed by atoms with Gasteiger partial charge in [0, 0.05) is 21.7 Å². The van der Waals surface area contributed by atoms with Crippen LogP contribution in [-0.2, 0) is 16.4 Å². The molecule has 30 heavy (non-hydrogen) atoms. The molecule has 4 rings (SSSR count). The summed E-state index contributed by atoms with van der Waals surface area (Å²) in [5.74, 6) is 0. The highest BCUT2D eigenvalue weighted by molar-refractivity contribution is 9.10. The molecular formula is C23H29BrN2O2SSi. The predicted octanol–water partition coefficient (Wildman–Crippen LogP) is 5.71. The molecule has 0 bridgehead atoms. The number of hydrogen-bond donors (Lipinski definition) is 1. The molecule has 4 nitrogen and oxygen atoms in total. The van der Waals surface area contributed by atoms with Crippen molar-refractivity contribution in [1.29, 1.82) is 0 Å². The van der Waals surface area contributed by atoms with Gasteiger partial charge in [0.15, 0.2) is 0 Å². The first-order valence-corrected chi connectivity index (χ1v) is 15.6. The van der Waals surface area contributed by atoms with E-state index in [4.69, 9.17) is 0 Å². The molecule has 0 radical (unpaired) electrons. The van der Waals surface area contributed by atoms with Gasteiger partial charge in [-0.1, -0.05) is 56.6 Å². The lowest BCUT2D eigenvalue weighted by atomic mass is 10.0. The van der Waals surface area contributed by atoms with Crippen LogP contribution in [0.3, 0.4) is 0 Å². The third-order valence-electron chi connectivity index (χ3n) is 6.99. The van der Waals surface area contributed by atoms with Gasteiger partial charge in [0.2, 0.25) is 0 Å². The topological polar surface area (TPSA) is 53.2 Å². The van der Waals surface area contributed by atoms with Gasteiger partial charge in [0.1, 0.15) is 8.07 Å². The van der Waals surface area contributed by atoms with Gasteiger partial charge in [0.25, 0.3) is 10.0 Å². The Hall–Kier alpha value is -1.57. The number of hydrogen-bond acceptors (Lipinski definition) is 2. The van der Waals surface area contributed by atoms with E-state index in [1.54, 1.807) is 16.4 Å². The molecule has 160 valence electrons. The van der Waals surface area contributed by atoms with Crippen LogP contribution in [-0.4, -0.2) is 28.0 Å². The summed E-state index contributed by atoms with van der Waals surface area (Å²) in [5, 5.41) is 2.50. The van der Waals surface area contributed by atoms with Crippen molar-refractivity contribution in [1.82, 2.24) is 4.98 Å². The van der Waals surface area contributed by atoms with Crippen molar-refractivity contribution in [2.75, 3.05) is 10.8 Å². The number of halogens is 1. The minimum Gasteiger partial charge on any atom is -0.361 e. The number of aromatic nitrogens is 1. The van der Waals surface area contributed by atoms with Crippen molar-refractivity contribution >= 4 is 55.9 Å². The van der Waals surface area contributed by atoms with Crippen molar-refractivity contribution in [3.8, 4) is 0 Å². The molecule has 7 heteroatoms. The maximum Gasteiger partial charge on any atom is 0.264 e. The number of anilines is 1. The molecular weight excluding hydrogens is 476 g/mol. The Morgan fingerprint density at radius 3 is 2.27 bits per heavy atom. The number of nitrogens with zero attached hydrogens (tertiary/aromatic N) is 1. The predicted molar refractivity (Wildman–Crippen MR) is 132 cm³/mol. The van der Waals surface area contributed by atoms with Crippen LogP contribution in [0.1, 0.15) is 31.9 Å². The van der Waals surface area contributed by atoms with E-state index in [-0.39, 0.29) is 0 Å². The van der Waals surface area contributed by atoms with Crippen LogP contribution < -0.4 is 9.62 Å². The van der Waals surface area contributed by atoms with Crippen LogP contribution in [0.2, 0.25) is 18.1 Å². The Kier molecular flexibility index (Phi) is 5.66. The quantitative estimate of drug-likeness (QED) is 0.437. The molecule has 0 amide bonds. The molecule has 1 aliphatic heterocycles. The van der Waals surface area contributed by atoms with Crippen LogP contribution in [0.25, 0.3) is 10.9 Å². The zero-order chi connectivity index (χ0) is 21.7. The normalized spacial score (nSPS) is 14.5. The van der Waals surface area contributed by atoms with Gasteiger partial charge in [-0.15, -0.1) is 0 Å². The highest BCUT2D eigenvalue weighted by Gasteiger charge is 2.38. The monoisotopic (exact) mass is 504 g/mol. The van der Waals surface area contributed by atoms with Crippen molar-refractivity contribution < 1.29 is 8.42 Å². The lowest BCUT2D eigenvalue weighted by molar-refractivity contribution is 0.590. The second-order valence-corrected chi connectivity index (χ2v) is 16.2. The third kappa shape index (κ3) is 3.17. The molecule has 2 aromatic carbocycles. The van der Waals surface area contributed by atoms with E-state index in [9.17, 15) is 8.42 Å². The summed E-state index contributed by atoms with van der Waals surface area (Å²) in [5.41, 5.74) is 4.22. The smallest absolute Gasteiger partial charge is 0.264 e. The first-order chi connectivity index (χ1) is 14.3. The molecule has 1 N–H and O–H groups in total. The highest BCUT2D eigenvalue weighted by atomic mass is 79.9. The van der Waals surface area contributed by atoms with Gasteiger partial charge in [0.05, 0.1) is 16.1 Å². The van der Waals surface area contributed by atoms with E-state index in [1.807, 2.05) is 31.2 Å². The molecule has 3 aromatic rings. The second kappa shape index (κ2) is 7.84. The Balaban J connectivity index is 1.94. The average molecular weight is 506 g/mol. The van der Waals surface area contributed by atoms with Crippen LogP contribution in [0.4, 0.5) is 5.69 Å². The van der Waals surface area contributed by atoms with Crippen LogP contribution >= 0.6 is 15.9 Å². The summed E-state index contributed by atoms with van der Waals surface area (Å²) >= 11 is 3.70. The zero-order valence-electron chi connectivity index (χ0n) is 18.0. The van der Waals surface area contributed by atoms with E-state index >= 15 is 0 Å². The largest absolute Gasteiger partial charge is 0.361 e. The highest BCUT2D eigenvalue weighted by Crippen LogP contribution is 2.41. The van der Waals surface area contributed by atoms with Crippen LogP contribution in [0.15, 0.2) is 45.8 Å². The van der Waals surface area contributed by atoms with Crippen molar-refractivity contribution in [3.63, 3.8) is 0 Å². The fourth-order valence-electron chi connectivity index (χ4n) is 4.93. The molecule has 0 unspecified atom stereocenters. The fourth-order valence-corrected chi connectivity index (χ4v) is 10.7. The summed E-state index contributed by atoms with van der Waals surface area (Å²) in [4.78, 5) is 4.12. The van der Waals surface area contributed by atoms with Crippen LogP contribution in [0, 0.1) is 6.92 Å². The van der Waals surface area contributed by atoms with Crippen molar-refractivity contribution in [2.45, 2.75) is 57.1 Å². The minimum atomic E-state index is -3.61. The van der Waals surface area contributed by atoms with Crippen molar-refractivity contribution in [2.24, 2.45) is 0 Å². The number of sulfonamides is 1. The van der Waals surface area contributed by atoms with Gasteiger partial charge < -0.3 is 4.98 Å². The summed E-state index contributed by atoms with van der Waals surface area (Å²) in [6.45, 7) is 9.38. The van der Waals surface area contributed by atoms with Gasteiger partial charge in [-0.2, -0.15) is 0 Å². The van der Waals surface area contributed by atoms with Gasteiger partial charge in [-0.3, -0.25) is 4.31 Å². The van der Waals surface area contributed by atoms with E-state index < -0.39 is 18.1 Å². The molecule has 2 heterocycles. The minimum absolute atomic E-state index is 0.350. The molecule has 0 saturated heterocycles. The molecule has 0 atom stereocenters. The first-order valence-electron chi connectivity index (χ1n) is 10.7. The maximum absolute atomic E-state index is 13.5. The summed E-state index contributed by atoms with van der Waals surface area (Å²) in [7, 11) is -5.24. The Morgan fingerprint density at radius 2 is 1.67 bits per heavy atom. The Labute approximate surface area is 188 Å². The van der Waals surface area contributed by atoms with E-state index in [2.05, 4.69) is 41.7 Å².